The Morgan fingerprint density at radius 1 is 0.912 bits per heavy atom. The monoisotopic (exact) mass is 498 g/mol. The Morgan fingerprint density at radius 2 is 1.56 bits per heavy atom. The minimum absolute atomic E-state index is 0.169. The molecule has 3 rings (SSSR count). The van der Waals surface area contributed by atoms with Gasteiger partial charge < -0.3 is 14.9 Å². The third kappa shape index (κ3) is 7.91. The molecular weight excluding hydrogens is 470 g/mol. The third-order valence-corrected chi connectivity index (χ3v) is 7.01. The Labute approximate surface area is 206 Å². The number of carboxylic acid groups (broad SMARTS) is 1. The summed E-state index contributed by atoms with van der Waals surface area (Å²) in [6.07, 6.45) is 0.623. The maximum atomic E-state index is 13.4. The largest absolute Gasteiger partial charge is 0.465 e. The lowest BCUT2D eigenvalue weighted by atomic mass is 10.1. The molecule has 8 nitrogen and oxygen atoms in total. The lowest BCUT2D eigenvalue weighted by molar-refractivity contribution is -0.134. The predicted molar refractivity (Wildman–Crippen MR) is 133 cm³/mol. The van der Waals surface area contributed by atoms with Gasteiger partial charge in [-0.05, 0) is 47.7 Å². The molecule has 0 fully saturated rings. The van der Waals surface area contributed by atoms with Gasteiger partial charge in [-0.15, -0.1) is 22.7 Å². The highest BCUT2D eigenvalue weighted by molar-refractivity contribution is 7.10. The molecule has 0 aliphatic rings. The molecule has 2 N–H and O–H groups in total. The molecule has 0 unspecified atom stereocenters. The smallest absolute Gasteiger partial charge is 0.407 e. The Kier molecular flexibility index (Phi) is 9.97. The molecule has 2 aromatic heterocycles. The topological polar surface area (TPSA) is 111 Å². The zero-order valence-corrected chi connectivity index (χ0v) is 20.4. The van der Waals surface area contributed by atoms with E-state index in [1.807, 2.05) is 65.4 Å². The minimum atomic E-state index is -0.972. The van der Waals surface area contributed by atoms with Crippen LogP contribution in [0, 0.1) is 5.53 Å². The Bertz CT molecular complexity index is 1030. The SMILES string of the molecule is N=[N+]=N[C@H](CCCCN(Cc1ccccc1)C(=O)O)C(=O)N(Cc1cccs1)Cc1cccs1. The van der Waals surface area contributed by atoms with E-state index < -0.39 is 12.1 Å². The molecule has 10 heteroatoms. The van der Waals surface area contributed by atoms with Crippen molar-refractivity contribution in [3.05, 3.63) is 80.7 Å². The number of amides is 2. The summed E-state index contributed by atoms with van der Waals surface area (Å²) < 4.78 is 0. The number of nitrogens with zero attached hydrogens (tertiary/aromatic N) is 4. The number of nitrogens with one attached hydrogen (secondary N) is 1. The van der Waals surface area contributed by atoms with Crippen LogP contribution in [0.1, 0.15) is 34.6 Å². The van der Waals surface area contributed by atoms with E-state index in [9.17, 15) is 14.7 Å². The normalized spacial score (nSPS) is 11.4. The summed E-state index contributed by atoms with van der Waals surface area (Å²) in [5.41, 5.74) is 8.13. The molecule has 3 aromatic rings. The summed E-state index contributed by atoms with van der Waals surface area (Å²) in [6, 6.07) is 16.6. The van der Waals surface area contributed by atoms with E-state index >= 15 is 0 Å². The highest BCUT2D eigenvalue weighted by Crippen LogP contribution is 2.20. The van der Waals surface area contributed by atoms with Crippen molar-refractivity contribution < 1.29 is 14.7 Å². The van der Waals surface area contributed by atoms with Crippen molar-refractivity contribution in [1.29, 1.82) is 5.53 Å². The number of hydrogen-bond donors (Lipinski definition) is 2. The first-order valence-electron chi connectivity index (χ1n) is 11.0. The maximum absolute atomic E-state index is 13.4. The summed E-state index contributed by atoms with van der Waals surface area (Å²) in [7, 11) is 0. The molecule has 2 amide bonds. The van der Waals surface area contributed by atoms with E-state index in [2.05, 4.69) is 10.0 Å². The van der Waals surface area contributed by atoms with Gasteiger partial charge in [0, 0.05) is 22.8 Å². The van der Waals surface area contributed by atoms with E-state index in [0.717, 1.165) is 15.3 Å². The van der Waals surface area contributed by atoms with Gasteiger partial charge in [0.1, 0.15) is 10.6 Å². The second-order valence-electron chi connectivity index (χ2n) is 7.77. The number of unbranched alkanes of at least 4 members (excludes halogenated alkanes) is 1. The summed E-state index contributed by atoms with van der Waals surface area (Å²) in [5.74, 6) is -0.169. The van der Waals surface area contributed by atoms with Crippen LogP contribution in [0.25, 0.3) is 0 Å². The molecule has 34 heavy (non-hydrogen) atoms. The van der Waals surface area contributed by atoms with Gasteiger partial charge in [0.2, 0.25) is 11.0 Å². The average Bonchev–Trinajstić information content (AvgIpc) is 3.54. The first kappa shape index (κ1) is 25.3. The molecule has 1 atom stereocenters. The van der Waals surface area contributed by atoms with Gasteiger partial charge in [0.05, 0.1) is 13.1 Å². The fourth-order valence-electron chi connectivity index (χ4n) is 3.59. The van der Waals surface area contributed by atoms with Crippen LogP contribution in [0.4, 0.5) is 4.79 Å². The number of carbonyl (C=O) groups is 2. The van der Waals surface area contributed by atoms with Crippen molar-refractivity contribution in [2.24, 2.45) is 5.11 Å². The van der Waals surface area contributed by atoms with E-state index in [4.69, 9.17) is 5.53 Å². The molecule has 2 heterocycles. The van der Waals surface area contributed by atoms with Gasteiger partial charge in [0.15, 0.2) is 0 Å². The van der Waals surface area contributed by atoms with Gasteiger partial charge in [-0.2, -0.15) is 0 Å². The molecule has 0 bridgehead atoms. The molecule has 178 valence electrons. The number of rotatable bonds is 13. The van der Waals surface area contributed by atoms with Crippen LogP contribution in [0.2, 0.25) is 0 Å². The summed E-state index contributed by atoms with van der Waals surface area (Å²) in [5, 5.41) is 17.4. The molecular formula is C24H28N5O3S2+. The fourth-order valence-corrected chi connectivity index (χ4v) is 5.03. The maximum Gasteiger partial charge on any atom is 0.407 e. The van der Waals surface area contributed by atoms with Crippen molar-refractivity contribution in [2.45, 2.75) is 44.9 Å². The van der Waals surface area contributed by atoms with Crippen LogP contribution in [0.3, 0.4) is 0 Å². The molecule has 0 spiro atoms. The van der Waals surface area contributed by atoms with Gasteiger partial charge in [0.25, 0.3) is 5.91 Å². The minimum Gasteiger partial charge on any atom is -0.465 e. The second kappa shape index (κ2) is 13.4. The average molecular weight is 499 g/mol. The first-order chi connectivity index (χ1) is 16.6. The molecule has 0 radical (unpaired) electrons. The van der Waals surface area contributed by atoms with Crippen molar-refractivity contribution in [3.63, 3.8) is 0 Å². The molecule has 0 aliphatic carbocycles. The van der Waals surface area contributed by atoms with Gasteiger partial charge in [-0.25, -0.2) is 4.79 Å². The zero-order chi connectivity index (χ0) is 24.2. The highest BCUT2D eigenvalue weighted by atomic mass is 32.1. The zero-order valence-electron chi connectivity index (χ0n) is 18.7. The third-order valence-electron chi connectivity index (χ3n) is 5.29. The van der Waals surface area contributed by atoms with Gasteiger partial charge >= 0.3 is 6.09 Å². The van der Waals surface area contributed by atoms with E-state index in [-0.39, 0.29) is 5.91 Å². The van der Waals surface area contributed by atoms with E-state index in [0.29, 0.717) is 45.4 Å². The van der Waals surface area contributed by atoms with Crippen LogP contribution in [0.5, 0.6) is 0 Å². The number of benzene rings is 1. The van der Waals surface area contributed by atoms with Gasteiger partial charge in [-0.1, -0.05) is 42.5 Å². The van der Waals surface area contributed by atoms with Crippen LogP contribution in [-0.4, -0.2) is 39.5 Å². The van der Waals surface area contributed by atoms with Crippen molar-refractivity contribution >= 4 is 34.7 Å². The van der Waals surface area contributed by atoms with Crippen molar-refractivity contribution in [1.82, 2.24) is 14.7 Å². The van der Waals surface area contributed by atoms with E-state index in [1.54, 1.807) is 27.6 Å². The second-order valence-corrected chi connectivity index (χ2v) is 9.83. The molecule has 0 aliphatic heterocycles. The Morgan fingerprint density at radius 3 is 2.09 bits per heavy atom. The standard InChI is InChI=1S/C24H27N5O3S2/c25-27-26-22(12-4-5-13-28(24(31)32)16-19-8-2-1-3-9-19)23(30)29(17-20-10-6-14-33-20)18-21-11-7-15-34-21/h1-3,6-11,14-15,22,25H,4-5,12-13,16-18H2/p+1/t22-/m1/s1. The van der Waals surface area contributed by atoms with E-state index in [1.165, 1.54) is 4.90 Å². The predicted octanol–water partition coefficient (Wildman–Crippen LogP) is 5.61. The number of carbonyl (C=O) groups excluding carboxylic acids is 1. The summed E-state index contributed by atoms with van der Waals surface area (Å²) in [4.78, 5) is 33.4. The van der Waals surface area contributed by atoms with Gasteiger partial charge in [-0.3, -0.25) is 4.79 Å². The highest BCUT2D eigenvalue weighted by Gasteiger charge is 2.28. The van der Waals surface area contributed by atoms with Crippen molar-refractivity contribution in [3.8, 4) is 0 Å². The Hall–Kier alpha value is -3.33. The quantitative estimate of drug-likeness (QED) is 0.181. The van der Waals surface area contributed by atoms with Crippen LogP contribution < -0.4 is 4.91 Å². The van der Waals surface area contributed by atoms with Crippen LogP contribution >= 0.6 is 22.7 Å². The fraction of sp³-hybridized carbons (Fsp3) is 0.333. The lowest BCUT2D eigenvalue weighted by Crippen LogP contribution is -2.37. The first-order valence-corrected chi connectivity index (χ1v) is 12.7. The Balaban J connectivity index is 1.58. The van der Waals surface area contributed by atoms with Crippen LogP contribution in [-0.2, 0) is 24.4 Å². The van der Waals surface area contributed by atoms with Crippen molar-refractivity contribution in [2.75, 3.05) is 6.54 Å². The number of hydrogen-bond acceptors (Lipinski definition) is 6. The molecule has 0 saturated heterocycles. The summed E-state index contributed by atoms with van der Waals surface area (Å²) >= 11 is 3.18. The van der Waals surface area contributed by atoms with Crippen LogP contribution in [0.15, 0.2) is 70.5 Å². The number of thiophene rings is 2. The summed E-state index contributed by atoms with van der Waals surface area (Å²) in [6.45, 7) is 1.63. The lowest BCUT2D eigenvalue weighted by Gasteiger charge is -2.23. The molecule has 0 saturated carbocycles. The molecule has 1 aromatic carbocycles.